The molecule has 13 heavy (non-hydrogen) atoms. The summed E-state index contributed by atoms with van der Waals surface area (Å²) in [7, 11) is 0. The van der Waals surface area contributed by atoms with Crippen LogP contribution in [-0.4, -0.2) is 40.2 Å². The van der Waals surface area contributed by atoms with Crippen molar-refractivity contribution >= 4 is 17.0 Å². The number of aliphatic hydroxyl groups excluding tert-OH is 1. The first-order valence-corrected chi connectivity index (χ1v) is 5.82. The first-order chi connectivity index (χ1) is 6.24. The second-order valence-electron chi connectivity index (χ2n) is 3.29. The average Bonchev–Trinajstić information content (AvgIpc) is 2.30. The van der Waals surface area contributed by atoms with E-state index in [2.05, 4.69) is 0 Å². The molecule has 1 aliphatic heterocycles. The molecular formula is C9H17NO2S. The van der Waals surface area contributed by atoms with Gasteiger partial charge in [-0.05, 0) is 25.0 Å². The molecule has 1 fully saturated rings. The van der Waals surface area contributed by atoms with Gasteiger partial charge in [0.2, 0.25) is 0 Å². The van der Waals surface area contributed by atoms with E-state index in [1.165, 1.54) is 11.8 Å². The summed E-state index contributed by atoms with van der Waals surface area (Å²) in [6.45, 7) is 3.30. The monoisotopic (exact) mass is 203 g/mol. The van der Waals surface area contributed by atoms with Crippen LogP contribution in [0.15, 0.2) is 0 Å². The molecule has 1 saturated heterocycles. The third-order valence-electron chi connectivity index (χ3n) is 2.17. The number of β-amino-alcohol motifs (C(OH)–C–C–N with tert-alkyl or cyclic N) is 1. The summed E-state index contributed by atoms with van der Waals surface area (Å²) in [5.41, 5.74) is 0. The van der Waals surface area contributed by atoms with Crippen molar-refractivity contribution < 1.29 is 9.90 Å². The quantitative estimate of drug-likeness (QED) is 0.705. The van der Waals surface area contributed by atoms with Crippen LogP contribution in [0.25, 0.3) is 0 Å². The summed E-state index contributed by atoms with van der Waals surface area (Å²) in [5.74, 6) is 0.811. The summed E-state index contributed by atoms with van der Waals surface area (Å²) in [4.78, 5) is 13.2. The number of likely N-dealkylation sites (tertiary alicyclic amines) is 1. The lowest BCUT2D eigenvalue weighted by molar-refractivity contribution is 0.134. The van der Waals surface area contributed by atoms with Crippen molar-refractivity contribution in [1.82, 2.24) is 4.90 Å². The molecule has 76 valence electrons. The van der Waals surface area contributed by atoms with E-state index in [9.17, 15) is 9.90 Å². The van der Waals surface area contributed by atoms with Gasteiger partial charge >= 0.3 is 0 Å². The molecule has 1 N–H and O–H groups in total. The van der Waals surface area contributed by atoms with Gasteiger partial charge in [-0.15, -0.1) is 0 Å². The molecule has 1 aliphatic rings. The summed E-state index contributed by atoms with van der Waals surface area (Å²) in [6, 6.07) is 0. The van der Waals surface area contributed by atoms with E-state index in [0.717, 1.165) is 31.6 Å². The smallest absolute Gasteiger partial charge is 0.281 e. The highest BCUT2D eigenvalue weighted by Crippen LogP contribution is 2.15. The zero-order valence-corrected chi connectivity index (χ0v) is 8.85. The number of rotatable bonds is 1. The average molecular weight is 203 g/mol. The maximum Gasteiger partial charge on any atom is 0.281 e. The number of aliphatic hydroxyl groups is 1. The van der Waals surface area contributed by atoms with E-state index in [-0.39, 0.29) is 11.3 Å². The Hall–Kier alpha value is -0.220. The van der Waals surface area contributed by atoms with E-state index < -0.39 is 0 Å². The number of hydrogen-bond donors (Lipinski definition) is 1. The molecule has 4 heteroatoms. The van der Waals surface area contributed by atoms with Gasteiger partial charge in [0, 0.05) is 13.1 Å². The first kappa shape index (κ1) is 10.9. The lowest BCUT2D eigenvalue weighted by atomic mass is 10.2. The summed E-state index contributed by atoms with van der Waals surface area (Å²) < 4.78 is 0. The topological polar surface area (TPSA) is 40.5 Å². The predicted molar refractivity (Wildman–Crippen MR) is 55.0 cm³/mol. The maximum absolute atomic E-state index is 11.5. The number of carbonyl (C=O) groups is 1. The molecule has 3 nitrogen and oxygen atoms in total. The Labute approximate surface area is 83.5 Å². The van der Waals surface area contributed by atoms with E-state index >= 15 is 0 Å². The molecular weight excluding hydrogens is 186 g/mol. The van der Waals surface area contributed by atoms with Gasteiger partial charge in [0.15, 0.2) is 0 Å². The van der Waals surface area contributed by atoms with E-state index in [0.29, 0.717) is 6.54 Å². The zero-order valence-electron chi connectivity index (χ0n) is 8.03. The highest BCUT2D eigenvalue weighted by Gasteiger charge is 2.19. The van der Waals surface area contributed by atoms with Gasteiger partial charge in [0.05, 0.1) is 6.10 Å². The van der Waals surface area contributed by atoms with Crippen molar-refractivity contribution in [1.29, 1.82) is 0 Å². The number of carbonyl (C=O) groups excluding carboxylic acids is 1. The van der Waals surface area contributed by atoms with Crippen molar-refractivity contribution in [2.45, 2.75) is 32.3 Å². The fraction of sp³-hybridized carbons (Fsp3) is 0.889. The van der Waals surface area contributed by atoms with Crippen molar-refractivity contribution in [2.75, 3.05) is 18.8 Å². The van der Waals surface area contributed by atoms with Crippen LogP contribution in [0.1, 0.15) is 26.2 Å². The molecule has 0 spiro atoms. The zero-order chi connectivity index (χ0) is 9.68. The Morgan fingerprint density at radius 3 is 3.08 bits per heavy atom. The van der Waals surface area contributed by atoms with Gasteiger partial charge in [0.1, 0.15) is 0 Å². The standard InChI is InChI=1S/C9H17NO2S/c1-2-13-9(12)10-6-4-3-5-8(11)7-10/h8,11H,2-7H2,1H3. The molecule has 0 aliphatic carbocycles. The second kappa shape index (κ2) is 5.50. The normalized spacial score (nSPS) is 24.2. The van der Waals surface area contributed by atoms with Crippen LogP contribution in [0.3, 0.4) is 0 Å². The van der Waals surface area contributed by atoms with Crippen LogP contribution in [0.2, 0.25) is 0 Å². The lowest BCUT2D eigenvalue weighted by Crippen LogP contribution is -2.33. The van der Waals surface area contributed by atoms with Crippen molar-refractivity contribution in [3.63, 3.8) is 0 Å². The molecule has 0 saturated carbocycles. The molecule has 1 rings (SSSR count). The Bertz CT molecular complexity index is 175. The number of nitrogens with zero attached hydrogens (tertiary/aromatic N) is 1. The first-order valence-electron chi connectivity index (χ1n) is 4.83. The van der Waals surface area contributed by atoms with Crippen LogP contribution in [0, 0.1) is 0 Å². The van der Waals surface area contributed by atoms with Gasteiger partial charge in [-0.2, -0.15) is 0 Å². The number of thioether (sulfide) groups is 1. The SMILES string of the molecule is CCSC(=O)N1CCCCC(O)C1. The van der Waals surface area contributed by atoms with Gasteiger partial charge in [-0.3, -0.25) is 4.79 Å². The van der Waals surface area contributed by atoms with Crippen molar-refractivity contribution in [3.05, 3.63) is 0 Å². The second-order valence-corrected chi connectivity index (χ2v) is 4.51. The Morgan fingerprint density at radius 1 is 1.62 bits per heavy atom. The maximum atomic E-state index is 11.5. The fourth-order valence-corrected chi connectivity index (χ4v) is 2.10. The van der Waals surface area contributed by atoms with E-state index in [1.54, 1.807) is 4.90 Å². The lowest BCUT2D eigenvalue weighted by Gasteiger charge is -2.21. The fourth-order valence-electron chi connectivity index (χ4n) is 1.50. The molecule has 0 aromatic rings. The van der Waals surface area contributed by atoms with Gasteiger partial charge in [0.25, 0.3) is 5.24 Å². The predicted octanol–water partition coefficient (Wildman–Crippen LogP) is 1.71. The third-order valence-corrected chi connectivity index (χ3v) is 2.97. The van der Waals surface area contributed by atoms with E-state index in [4.69, 9.17) is 0 Å². The van der Waals surface area contributed by atoms with Crippen LogP contribution in [0.5, 0.6) is 0 Å². The van der Waals surface area contributed by atoms with Gasteiger partial charge < -0.3 is 10.0 Å². The molecule has 1 heterocycles. The molecule has 0 aromatic carbocycles. The Morgan fingerprint density at radius 2 is 2.38 bits per heavy atom. The number of amides is 1. The summed E-state index contributed by atoms with van der Waals surface area (Å²) >= 11 is 1.32. The largest absolute Gasteiger partial charge is 0.391 e. The molecule has 1 amide bonds. The molecule has 0 bridgehead atoms. The molecule has 1 unspecified atom stereocenters. The number of hydrogen-bond acceptors (Lipinski definition) is 3. The van der Waals surface area contributed by atoms with Crippen molar-refractivity contribution in [2.24, 2.45) is 0 Å². The highest BCUT2D eigenvalue weighted by molar-refractivity contribution is 8.13. The van der Waals surface area contributed by atoms with Crippen LogP contribution in [-0.2, 0) is 0 Å². The minimum Gasteiger partial charge on any atom is -0.391 e. The van der Waals surface area contributed by atoms with Crippen LogP contribution >= 0.6 is 11.8 Å². The van der Waals surface area contributed by atoms with Gasteiger partial charge in [-0.1, -0.05) is 18.7 Å². The van der Waals surface area contributed by atoms with Gasteiger partial charge in [-0.25, -0.2) is 0 Å². The summed E-state index contributed by atoms with van der Waals surface area (Å²) in [5, 5.41) is 9.59. The summed E-state index contributed by atoms with van der Waals surface area (Å²) in [6.07, 6.45) is 2.57. The van der Waals surface area contributed by atoms with Crippen molar-refractivity contribution in [3.8, 4) is 0 Å². The minimum atomic E-state index is -0.316. The van der Waals surface area contributed by atoms with Crippen LogP contribution in [0.4, 0.5) is 4.79 Å². The molecule has 0 aromatic heterocycles. The molecule has 1 atom stereocenters. The highest BCUT2D eigenvalue weighted by atomic mass is 32.2. The minimum absolute atomic E-state index is 0.114. The Kier molecular flexibility index (Phi) is 4.59. The van der Waals surface area contributed by atoms with E-state index in [1.807, 2.05) is 6.92 Å². The molecule has 0 radical (unpaired) electrons. The third kappa shape index (κ3) is 3.56. The Balaban J connectivity index is 2.42. The van der Waals surface area contributed by atoms with Crippen LogP contribution < -0.4 is 0 Å².